The SMILES string of the molecule is NC1=N[C@](C(F)F)(C2CC(NC(=O)c3cc4ccccn4n3)=CC=C2F)COC1. The molecule has 0 aromatic carbocycles. The van der Waals surface area contributed by atoms with Gasteiger partial charge in [-0.2, -0.15) is 5.10 Å². The Morgan fingerprint density at radius 1 is 1.38 bits per heavy atom. The van der Waals surface area contributed by atoms with Crippen LogP contribution in [0.1, 0.15) is 16.9 Å². The molecule has 0 fully saturated rings. The summed E-state index contributed by atoms with van der Waals surface area (Å²) in [5, 5.41) is 6.79. The summed E-state index contributed by atoms with van der Waals surface area (Å²) in [5.41, 5.74) is 4.59. The number of hydrogen-bond acceptors (Lipinski definition) is 5. The quantitative estimate of drug-likeness (QED) is 0.816. The van der Waals surface area contributed by atoms with E-state index in [-0.39, 0.29) is 30.3 Å². The van der Waals surface area contributed by atoms with E-state index in [0.717, 1.165) is 11.6 Å². The number of carbonyl (C=O) groups is 1. The average molecular weight is 405 g/mol. The number of amidine groups is 1. The molecule has 0 spiro atoms. The lowest BCUT2D eigenvalue weighted by Crippen LogP contribution is -2.53. The Kier molecular flexibility index (Phi) is 4.87. The van der Waals surface area contributed by atoms with Gasteiger partial charge < -0.3 is 15.8 Å². The number of hydrogen-bond donors (Lipinski definition) is 2. The van der Waals surface area contributed by atoms with Gasteiger partial charge >= 0.3 is 0 Å². The Morgan fingerprint density at radius 2 is 2.21 bits per heavy atom. The van der Waals surface area contributed by atoms with Crippen molar-refractivity contribution < 1.29 is 22.7 Å². The van der Waals surface area contributed by atoms with Crippen molar-refractivity contribution in [2.75, 3.05) is 13.2 Å². The second kappa shape index (κ2) is 7.36. The van der Waals surface area contributed by atoms with Crippen LogP contribution in [0.5, 0.6) is 0 Å². The van der Waals surface area contributed by atoms with Crippen molar-refractivity contribution in [2.24, 2.45) is 16.6 Å². The molecule has 0 saturated carbocycles. The predicted octanol–water partition coefficient (Wildman–Crippen LogP) is 2.21. The highest BCUT2D eigenvalue weighted by Gasteiger charge is 2.51. The third-order valence-electron chi connectivity index (χ3n) is 4.99. The lowest BCUT2D eigenvalue weighted by molar-refractivity contribution is -0.0376. The highest BCUT2D eigenvalue weighted by Crippen LogP contribution is 2.42. The van der Waals surface area contributed by atoms with Gasteiger partial charge in [0.2, 0.25) is 0 Å². The molecule has 0 radical (unpaired) electrons. The van der Waals surface area contributed by atoms with Gasteiger partial charge in [-0.05, 0) is 36.8 Å². The highest BCUT2D eigenvalue weighted by atomic mass is 19.3. The first-order chi connectivity index (χ1) is 13.9. The second-order valence-corrected chi connectivity index (χ2v) is 6.94. The molecular weight excluding hydrogens is 387 g/mol. The number of rotatable bonds is 4. The summed E-state index contributed by atoms with van der Waals surface area (Å²) >= 11 is 0. The second-order valence-electron chi connectivity index (χ2n) is 6.94. The fourth-order valence-electron chi connectivity index (χ4n) is 3.54. The van der Waals surface area contributed by atoms with Gasteiger partial charge in [-0.15, -0.1) is 0 Å². The largest absolute Gasteiger partial charge is 0.386 e. The molecule has 1 unspecified atom stereocenters. The number of carbonyl (C=O) groups excluding carboxylic acids is 1. The highest BCUT2D eigenvalue weighted by molar-refractivity contribution is 5.94. The summed E-state index contributed by atoms with van der Waals surface area (Å²) in [6.45, 7) is -0.551. The molecular formula is C19H18F3N5O2. The van der Waals surface area contributed by atoms with Crippen molar-refractivity contribution in [3.05, 3.63) is 59.8 Å². The number of allylic oxidation sites excluding steroid dienone is 3. The standard InChI is InChI=1S/C19H18F3N5O2/c20-14-5-4-11(7-13(14)19(18(21)22)10-29-9-16(23)25-19)24-17(28)15-8-12-3-1-2-6-27(12)26-15/h1-6,8,13,18H,7,9-10H2,(H2,23,25)(H,24,28)/t13?,19-/m0/s1. The molecule has 1 amide bonds. The summed E-state index contributed by atoms with van der Waals surface area (Å²) in [6.07, 6.45) is 0.899. The van der Waals surface area contributed by atoms with Crippen LogP contribution >= 0.6 is 0 Å². The van der Waals surface area contributed by atoms with Crippen molar-refractivity contribution in [1.82, 2.24) is 14.9 Å². The zero-order valence-electron chi connectivity index (χ0n) is 15.2. The van der Waals surface area contributed by atoms with Gasteiger partial charge in [-0.25, -0.2) is 17.7 Å². The summed E-state index contributed by atoms with van der Waals surface area (Å²) in [5.74, 6) is -2.72. The van der Waals surface area contributed by atoms with Gasteiger partial charge in [0.15, 0.2) is 11.2 Å². The van der Waals surface area contributed by atoms with E-state index in [1.165, 1.54) is 10.6 Å². The van der Waals surface area contributed by atoms with E-state index >= 15 is 0 Å². The van der Waals surface area contributed by atoms with E-state index in [2.05, 4.69) is 15.4 Å². The molecule has 3 heterocycles. The fourth-order valence-corrected chi connectivity index (χ4v) is 3.54. The summed E-state index contributed by atoms with van der Waals surface area (Å²) < 4.78 is 49.0. The number of nitrogens with one attached hydrogen (secondary N) is 1. The number of nitrogens with two attached hydrogens (primary N) is 1. The Balaban J connectivity index is 1.57. The summed E-state index contributed by atoms with van der Waals surface area (Å²) in [7, 11) is 0. The average Bonchev–Trinajstić information content (AvgIpc) is 3.13. The van der Waals surface area contributed by atoms with Crippen LogP contribution in [0.25, 0.3) is 5.52 Å². The van der Waals surface area contributed by atoms with Crippen LogP contribution in [0.3, 0.4) is 0 Å². The number of aromatic nitrogens is 2. The minimum absolute atomic E-state index is 0.0835. The topological polar surface area (TPSA) is 94.0 Å². The van der Waals surface area contributed by atoms with E-state index in [1.807, 2.05) is 6.07 Å². The molecule has 2 atom stereocenters. The molecule has 2 aromatic rings. The number of fused-ring (bicyclic) bond motifs is 1. The third-order valence-corrected chi connectivity index (χ3v) is 4.99. The molecule has 4 rings (SSSR count). The van der Waals surface area contributed by atoms with Crippen LogP contribution in [0.4, 0.5) is 13.2 Å². The number of alkyl halides is 2. The third kappa shape index (κ3) is 3.51. The monoisotopic (exact) mass is 405 g/mol. The summed E-state index contributed by atoms with van der Waals surface area (Å²) in [6, 6.07) is 6.96. The molecule has 2 aromatic heterocycles. The maximum absolute atomic E-state index is 14.5. The fraction of sp³-hybridized carbons (Fsp3) is 0.316. The molecule has 29 heavy (non-hydrogen) atoms. The Bertz CT molecular complexity index is 1010. The van der Waals surface area contributed by atoms with E-state index < -0.39 is 36.2 Å². The zero-order valence-corrected chi connectivity index (χ0v) is 15.2. The molecule has 3 N–H and O–H groups in total. The Morgan fingerprint density at radius 3 is 2.93 bits per heavy atom. The van der Waals surface area contributed by atoms with E-state index in [1.54, 1.807) is 24.4 Å². The van der Waals surface area contributed by atoms with Crippen LogP contribution in [0.15, 0.2) is 59.1 Å². The molecule has 0 bridgehead atoms. The number of halogens is 3. The summed E-state index contributed by atoms with van der Waals surface area (Å²) in [4.78, 5) is 16.4. The lowest BCUT2D eigenvalue weighted by Gasteiger charge is -2.39. The smallest absolute Gasteiger partial charge is 0.275 e. The number of aliphatic imine (C=N–C) groups is 1. The van der Waals surface area contributed by atoms with Crippen LogP contribution in [-0.4, -0.2) is 46.5 Å². The van der Waals surface area contributed by atoms with Gasteiger partial charge in [0.1, 0.15) is 18.3 Å². The van der Waals surface area contributed by atoms with Gasteiger partial charge in [0.25, 0.3) is 12.3 Å². The molecule has 1 aliphatic heterocycles. The van der Waals surface area contributed by atoms with Crippen LogP contribution in [0.2, 0.25) is 0 Å². The maximum atomic E-state index is 14.5. The van der Waals surface area contributed by atoms with E-state index in [4.69, 9.17) is 10.5 Å². The van der Waals surface area contributed by atoms with Crippen LogP contribution in [-0.2, 0) is 4.74 Å². The number of pyridine rings is 1. The normalized spacial score (nSPS) is 24.8. The first-order valence-electron chi connectivity index (χ1n) is 8.91. The van der Waals surface area contributed by atoms with Crippen molar-refractivity contribution in [1.29, 1.82) is 0 Å². The molecule has 7 nitrogen and oxygen atoms in total. The number of nitrogens with zero attached hydrogens (tertiary/aromatic N) is 3. The molecule has 152 valence electrons. The van der Waals surface area contributed by atoms with Crippen molar-refractivity contribution >= 4 is 17.3 Å². The van der Waals surface area contributed by atoms with Crippen LogP contribution in [0, 0.1) is 5.92 Å². The van der Waals surface area contributed by atoms with Crippen molar-refractivity contribution in [2.45, 2.75) is 18.4 Å². The molecule has 0 saturated heterocycles. The minimum atomic E-state index is -3.00. The van der Waals surface area contributed by atoms with Gasteiger partial charge in [0, 0.05) is 17.8 Å². The molecule has 2 aliphatic rings. The number of ether oxygens (including phenoxy) is 1. The van der Waals surface area contributed by atoms with Crippen molar-refractivity contribution in [3.8, 4) is 0 Å². The van der Waals surface area contributed by atoms with E-state index in [9.17, 15) is 18.0 Å². The molecule has 1 aliphatic carbocycles. The lowest BCUT2D eigenvalue weighted by atomic mass is 9.78. The van der Waals surface area contributed by atoms with Gasteiger partial charge in [0.05, 0.1) is 12.1 Å². The Labute approximate surface area is 163 Å². The maximum Gasteiger partial charge on any atom is 0.275 e. The van der Waals surface area contributed by atoms with Crippen LogP contribution < -0.4 is 11.1 Å². The van der Waals surface area contributed by atoms with Gasteiger partial charge in [-0.3, -0.25) is 9.79 Å². The van der Waals surface area contributed by atoms with E-state index in [0.29, 0.717) is 0 Å². The first kappa shape index (κ1) is 19.2. The first-order valence-corrected chi connectivity index (χ1v) is 8.91. The predicted molar refractivity (Wildman–Crippen MR) is 99.2 cm³/mol. The van der Waals surface area contributed by atoms with Gasteiger partial charge in [-0.1, -0.05) is 6.07 Å². The zero-order chi connectivity index (χ0) is 20.6. The van der Waals surface area contributed by atoms with Crippen molar-refractivity contribution in [3.63, 3.8) is 0 Å². The number of amides is 1. The Hall–Kier alpha value is -3.14. The minimum Gasteiger partial charge on any atom is -0.386 e. The molecule has 10 heteroatoms.